The minimum atomic E-state index is 0.519. The summed E-state index contributed by atoms with van der Waals surface area (Å²) in [6.45, 7) is 1.89. The maximum atomic E-state index is 5.84. The molecule has 0 spiro atoms. The van der Waals surface area contributed by atoms with Crippen molar-refractivity contribution in [2.75, 3.05) is 5.73 Å². The Bertz CT molecular complexity index is 717. The Hall–Kier alpha value is -2.49. The molecule has 3 rings (SSSR count). The Morgan fingerprint density at radius 3 is 2.83 bits per heavy atom. The number of hydrogen-bond donors (Lipinski definition) is 1. The summed E-state index contributed by atoms with van der Waals surface area (Å²) in [5, 5.41) is 2.15. The van der Waals surface area contributed by atoms with E-state index in [2.05, 4.69) is 15.0 Å². The van der Waals surface area contributed by atoms with Gasteiger partial charge in [-0.15, -0.1) is 0 Å². The van der Waals surface area contributed by atoms with Gasteiger partial charge in [0.25, 0.3) is 0 Å². The quantitative estimate of drug-likeness (QED) is 0.705. The molecule has 0 aliphatic carbocycles. The fourth-order valence-electron chi connectivity index (χ4n) is 1.90. The third-order valence-electron chi connectivity index (χ3n) is 2.93. The highest BCUT2D eigenvalue weighted by Crippen LogP contribution is 2.26. The maximum Gasteiger partial charge on any atom is 0.162 e. The van der Waals surface area contributed by atoms with Gasteiger partial charge < -0.3 is 5.73 Å². The normalized spacial score (nSPS) is 10.7. The van der Waals surface area contributed by atoms with E-state index in [0.29, 0.717) is 11.6 Å². The molecule has 0 aliphatic rings. The van der Waals surface area contributed by atoms with Crippen molar-refractivity contribution in [1.82, 2.24) is 15.0 Å². The Labute approximate surface area is 105 Å². The van der Waals surface area contributed by atoms with Crippen LogP contribution in [0.4, 0.5) is 5.82 Å². The first-order valence-corrected chi connectivity index (χ1v) is 5.68. The van der Waals surface area contributed by atoms with Gasteiger partial charge in [-0.2, -0.15) is 0 Å². The number of benzene rings is 1. The third kappa shape index (κ3) is 1.68. The number of aryl methyl sites for hydroxylation is 1. The number of nitrogens with two attached hydrogens (primary N) is 1. The summed E-state index contributed by atoms with van der Waals surface area (Å²) < 4.78 is 0. The van der Waals surface area contributed by atoms with Crippen LogP contribution in [-0.4, -0.2) is 15.0 Å². The Morgan fingerprint density at radius 2 is 2.00 bits per heavy atom. The molecular formula is C14H12N4. The van der Waals surface area contributed by atoms with E-state index in [-0.39, 0.29) is 0 Å². The van der Waals surface area contributed by atoms with Crippen LogP contribution in [0.2, 0.25) is 0 Å². The van der Waals surface area contributed by atoms with Crippen LogP contribution >= 0.6 is 0 Å². The van der Waals surface area contributed by atoms with E-state index in [0.717, 1.165) is 21.9 Å². The second-order valence-electron chi connectivity index (χ2n) is 4.16. The predicted molar refractivity (Wildman–Crippen MR) is 71.9 cm³/mol. The third-order valence-corrected chi connectivity index (χ3v) is 2.93. The maximum absolute atomic E-state index is 5.84. The van der Waals surface area contributed by atoms with E-state index in [1.165, 1.54) is 0 Å². The summed E-state index contributed by atoms with van der Waals surface area (Å²) in [7, 11) is 0. The lowest BCUT2D eigenvalue weighted by Crippen LogP contribution is -1.98. The monoisotopic (exact) mass is 236 g/mol. The highest BCUT2D eigenvalue weighted by Gasteiger charge is 2.07. The molecule has 0 radical (unpaired) electrons. The molecule has 0 atom stereocenters. The number of pyridine rings is 1. The second-order valence-corrected chi connectivity index (χ2v) is 4.16. The molecule has 0 amide bonds. The molecule has 0 saturated carbocycles. The average Bonchev–Trinajstić information content (AvgIpc) is 2.41. The van der Waals surface area contributed by atoms with Crippen LogP contribution in [0.1, 0.15) is 5.56 Å². The lowest BCUT2D eigenvalue weighted by Gasteiger charge is -2.06. The van der Waals surface area contributed by atoms with Gasteiger partial charge >= 0.3 is 0 Å². The van der Waals surface area contributed by atoms with Crippen molar-refractivity contribution in [1.29, 1.82) is 0 Å². The molecule has 18 heavy (non-hydrogen) atoms. The van der Waals surface area contributed by atoms with Crippen LogP contribution in [-0.2, 0) is 0 Å². The fraction of sp³-hybridized carbons (Fsp3) is 0.0714. The molecule has 0 unspecified atom stereocenters. The van der Waals surface area contributed by atoms with E-state index < -0.39 is 0 Å². The summed E-state index contributed by atoms with van der Waals surface area (Å²) in [6, 6.07) is 7.94. The van der Waals surface area contributed by atoms with Gasteiger partial charge in [-0.1, -0.05) is 18.2 Å². The number of fused-ring (bicyclic) bond motifs is 1. The van der Waals surface area contributed by atoms with Gasteiger partial charge in [-0.05, 0) is 18.4 Å². The lowest BCUT2D eigenvalue weighted by molar-refractivity contribution is 1.15. The summed E-state index contributed by atoms with van der Waals surface area (Å²) >= 11 is 0. The van der Waals surface area contributed by atoms with Gasteiger partial charge in [-0.25, -0.2) is 9.97 Å². The van der Waals surface area contributed by atoms with Crippen LogP contribution in [0.15, 0.2) is 42.9 Å². The SMILES string of the molecule is Cc1cnc(-c2cccc3cnccc23)nc1N. The zero-order valence-corrected chi connectivity index (χ0v) is 9.96. The van der Waals surface area contributed by atoms with E-state index in [1.807, 2.05) is 37.4 Å². The van der Waals surface area contributed by atoms with Crippen LogP contribution in [0.5, 0.6) is 0 Å². The molecule has 2 heterocycles. The average molecular weight is 236 g/mol. The standard InChI is InChI=1S/C14H12N4/c1-9-7-17-14(18-13(9)15)12-4-2-3-10-8-16-6-5-11(10)12/h2-8H,1H3,(H2,15,17,18). The van der Waals surface area contributed by atoms with E-state index in [4.69, 9.17) is 5.73 Å². The van der Waals surface area contributed by atoms with Crippen molar-refractivity contribution >= 4 is 16.6 Å². The van der Waals surface area contributed by atoms with Crippen molar-refractivity contribution < 1.29 is 0 Å². The number of nitrogens with zero attached hydrogens (tertiary/aromatic N) is 3. The Kier molecular flexibility index (Phi) is 2.41. The van der Waals surface area contributed by atoms with Crippen LogP contribution < -0.4 is 5.73 Å². The van der Waals surface area contributed by atoms with Gasteiger partial charge in [0.05, 0.1) is 0 Å². The van der Waals surface area contributed by atoms with E-state index >= 15 is 0 Å². The number of aromatic nitrogens is 3. The first-order chi connectivity index (χ1) is 8.75. The minimum Gasteiger partial charge on any atom is -0.383 e. The second kappa shape index (κ2) is 4.07. The summed E-state index contributed by atoms with van der Waals surface area (Å²) in [4.78, 5) is 12.8. The van der Waals surface area contributed by atoms with Gasteiger partial charge in [0.1, 0.15) is 5.82 Å². The predicted octanol–water partition coefficient (Wildman–Crippen LogP) is 2.58. The van der Waals surface area contributed by atoms with Gasteiger partial charge in [0, 0.05) is 35.1 Å². The van der Waals surface area contributed by atoms with Crippen molar-refractivity contribution in [2.24, 2.45) is 0 Å². The van der Waals surface area contributed by atoms with Crippen LogP contribution in [0, 0.1) is 6.92 Å². The first-order valence-electron chi connectivity index (χ1n) is 5.68. The summed E-state index contributed by atoms with van der Waals surface area (Å²) in [5.74, 6) is 1.17. The van der Waals surface area contributed by atoms with E-state index in [1.54, 1.807) is 12.4 Å². The highest BCUT2D eigenvalue weighted by molar-refractivity contribution is 5.94. The van der Waals surface area contributed by atoms with Crippen molar-refractivity contribution in [3.8, 4) is 11.4 Å². The molecule has 3 aromatic rings. The Balaban J connectivity index is 2.28. The molecule has 4 nitrogen and oxygen atoms in total. The largest absolute Gasteiger partial charge is 0.383 e. The van der Waals surface area contributed by atoms with Gasteiger partial charge in [0.15, 0.2) is 5.82 Å². The van der Waals surface area contributed by atoms with Gasteiger partial charge in [-0.3, -0.25) is 4.98 Å². The minimum absolute atomic E-state index is 0.519. The zero-order chi connectivity index (χ0) is 12.5. The van der Waals surface area contributed by atoms with Crippen molar-refractivity contribution in [3.63, 3.8) is 0 Å². The van der Waals surface area contributed by atoms with Crippen molar-refractivity contribution in [2.45, 2.75) is 6.92 Å². The zero-order valence-electron chi connectivity index (χ0n) is 9.96. The highest BCUT2D eigenvalue weighted by atomic mass is 14.9. The topological polar surface area (TPSA) is 64.7 Å². The smallest absolute Gasteiger partial charge is 0.162 e. The molecule has 2 N–H and O–H groups in total. The number of rotatable bonds is 1. The van der Waals surface area contributed by atoms with E-state index in [9.17, 15) is 0 Å². The summed E-state index contributed by atoms with van der Waals surface area (Å²) in [5.41, 5.74) is 7.70. The van der Waals surface area contributed by atoms with Gasteiger partial charge in [0.2, 0.25) is 0 Å². The summed E-state index contributed by atoms with van der Waals surface area (Å²) in [6.07, 6.45) is 5.34. The number of nitrogen functional groups attached to an aromatic ring is 1. The molecule has 88 valence electrons. The number of anilines is 1. The molecule has 0 fully saturated rings. The molecule has 1 aromatic carbocycles. The number of hydrogen-bond acceptors (Lipinski definition) is 4. The molecule has 0 saturated heterocycles. The molecule has 4 heteroatoms. The molecule has 2 aromatic heterocycles. The van der Waals surface area contributed by atoms with Crippen LogP contribution in [0.25, 0.3) is 22.2 Å². The fourth-order valence-corrected chi connectivity index (χ4v) is 1.90. The van der Waals surface area contributed by atoms with Crippen LogP contribution in [0.3, 0.4) is 0 Å². The molecule has 0 bridgehead atoms. The van der Waals surface area contributed by atoms with Crippen molar-refractivity contribution in [3.05, 3.63) is 48.4 Å². The Morgan fingerprint density at radius 1 is 1.11 bits per heavy atom. The molecule has 0 aliphatic heterocycles. The lowest BCUT2D eigenvalue weighted by atomic mass is 10.1. The molecular weight excluding hydrogens is 224 g/mol. The first kappa shape index (κ1) is 10.7.